The van der Waals surface area contributed by atoms with Gasteiger partial charge in [-0.1, -0.05) is 20.8 Å². The van der Waals surface area contributed by atoms with E-state index in [1.807, 2.05) is 20.8 Å². The van der Waals surface area contributed by atoms with Crippen LogP contribution in [-0.2, 0) is 0 Å². The molecule has 0 saturated carbocycles. The standard InChI is InChI=1S/C16H23F3N2O3/c1-16(2,3)10-21(7-4-8-22)15(23)20-12-6-5-11(17)9-13(12)24-14(18)19/h5-6,9,14,22H,4,7-8,10H2,1-3H3,(H,20,23). The zero-order valence-corrected chi connectivity index (χ0v) is 14.0. The SMILES string of the molecule is CC(C)(C)CN(CCCO)C(=O)Nc1ccc(F)cc1OC(F)F. The Bertz CT molecular complexity index is 548. The van der Waals surface area contributed by atoms with E-state index < -0.39 is 24.2 Å². The molecule has 0 unspecified atom stereocenters. The number of urea groups is 1. The van der Waals surface area contributed by atoms with E-state index >= 15 is 0 Å². The van der Waals surface area contributed by atoms with E-state index in [2.05, 4.69) is 10.1 Å². The Hall–Kier alpha value is -1.96. The van der Waals surface area contributed by atoms with E-state index in [0.717, 1.165) is 18.2 Å². The Balaban J connectivity index is 2.93. The molecule has 0 saturated heterocycles. The summed E-state index contributed by atoms with van der Waals surface area (Å²) in [7, 11) is 0. The highest BCUT2D eigenvalue weighted by Crippen LogP contribution is 2.27. The Morgan fingerprint density at radius 1 is 1.38 bits per heavy atom. The lowest BCUT2D eigenvalue weighted by atomic mass is 9.96. The number of nitrogens with zero attached hydrogens (tertiary/aromatic N) is 1. The van der Waals surface area contributed by atoms with Gasteiger partial charge in [0, 0.05) is 25.8 Å². The first-order chi connectivity index (χ1) is 11.1. The lowest BCUT2D eigenvalue weighted by Gasteiger charge is -2.30. The summed E-state index contributed by atoms with van der Waals surface area (Å²) in [4.78, 5) is 13.9. The fourth-order valence-corrected chi connectivity index (χ4v) is 2.07. The predicted molar refractivity (Wildman–Crippen MR) is 84.8 cm³/mol. The van der Waals surface area contributed by atoms with Gasteiger partial charge in [0.25, 0.3) is 0 Å². The highest BCUT2D eigenvalue weighted by molar-refractivity contribution is 5.91. The van der Waals surface area contributed by atoms with Gasteiger partial charge in [-0.15, -0.1) is 0 Å². The lowest BCUT2D eigenvalue weighted by Crippen LogP contribution is -2.41. The Morgan fingerprint density at radius 3 is 2.58 bits per heavy atom. The summed E-state index contributed by atoms with van der Waals surface area (Å²) in [6, 6.07) is 2.44. The third kappa shape index (κ3) is 7.08. The number of hydrogen-bond acceptors (Lipinski definition) is 3. The third-order valence-corrected chi connectivity index (χ3v) is 2.94. The number of aliphatic hydroxyl groups excluding tert-OH is 1. The summed E-state index contributed by atoms with van der Waals surface area (Å²) >= 11 is 0. The molecule has 1 aromatic rings. The van der Waals surface area contributed by atoms with E-state index in [1.54, 1.807) is 0 Å². The highest BCUT2D eigenvalue weighted by atomic mass is 19.3. The molecule has 0 atom stereocenters. The van der Waals surface area contributed by atoms with E-state index in [1.165, 1.54) is 4.90 Å². The third-order valence-electron chi connectivity index (χ3n) is 2.94. The van der Waals surface area contributed by atoms with Gasteiger partial charge in [0.15, 0.2) is 5.75 Å². The molecule has 24 heavy (non-hydrogen) atoms. The van der Waals surface area contributed by atoms with Gasteiger partial charge < -0.3 is 20.1 Å². The quantitative estimate of drug-likeness (QED) is 0.790. The van der Waals surface area contributed by atoms with Crippen LogP contribution in [0.25, 0.3) is 0 Å². The van der Waals surface area contributed by atoms with Gasteiger partial charge in [0.05, 0.1) is 5.69 Å². The second-order valence-corrected chi connectivity index (χ2v) is 6.51. The smallest absolute Gasteiger partial charge is 0.387 e. The van der Waals surface area contributed by atoms with Gasteiger partial charge >= 0.3 is 12.6 Å². The minimum absolute atomic E-state index is 0.0513. The van der Waals surface area contributed by atoms with Crippen LogP contribution < -0.4 is 10.1 Å². The number of alkyl halides is 2. The van der Waals surface area contributed by atoms with Crippen molar-refractivity contribution < 1.29 is 27.8 Å². The minimum Gasteiger partial charge on any atom is -0.432 e. The molecule has 0 bridgehead atoms. The van der Waals surface area contributed by atoms with Crippen LogP contribution in [0.4, 0.5) is 23.7 Å². The van der Waals surface area contributed by atoms with Gasteiger partial charge in [0.2, 0.25) is 0 Å². The fourth-order valence-electron chi connectivity index (χ4n) is 2.07. The molecule has 0 radical (unpaired) electrons. The maximum absolute atomic E-state index is 13.2. The molecule has 2 amide bonds. The summed E-state index contributed by atoms with van der Waals surface area (Å²) < 4.78 is 42.3. The Labute approximate surface area is 139 Å². The van der Waals surface area contributed by atoms with Crippen LogP contribution in [0, 0.1) is 11.2 Å². The maximum atomic E-state index is 13.2. The molecule has 0 fully saturated rings. The van der Waals surface area contributed by atoms with E-state index in [0.29, 0.717) is 19.5 Å². The summed E-state index contributed by atoms with van der Waals surface area (Å²) in [6.07, 6.45) is 0.382. The molecule has 0 spiro atoms. The first-order valence-electron chi connectivity index (χ1n) is 7.53. The number of ether oxygens (including phenoxy) is 1. The number of rotatable bonds is 7. The average molecular weight is 348 g/mol. The van der Waals surface area contributed by atoms with Gasteiger partial charge in [-0.2, -0.15) is 8.78 Å². The number of amides is 2. The summed E-state index contributed by atoms with van der Waals surface area (Å²) in [5.41, 5.74) is -0.248. The first kappa shape index (κ1) is 20.1. The van der Waals surface area contributed by atoms with Gasteiger partial charge in [-0.05, 0) is 24.0 Å². The van der Waals surface area contributed by atoms with Crippen molar-refractivity contribution in [3.63, 3.8) is 0 Å². The van der Waals surface area contributed by atoms with E-state index in [9.17, 15) is 18.0 Å². The van der Waals surface area contributed by atoms with Crippen molar-refractivity contribution in [2.45, 2.75) is 33.8 Å². The van der Waals surface area contributed by atoms with Crippen LogP contribution in [0.2, 0.25) is 0 Å². The van der Waals surface area contributed by atoms with Crippen molar-refractivity contribution >= 4 is 11.7 Å². The number of nitrogens with one attached hydrogen (secondary N) is 1. The van der Waals surface area contributed by atoms with Crippen LogP contribution in [0.15, 0.2) is 18.2 Å². The second-order valence-electron chi connectivity index (χ2n) is 6.51. The van der Waals surface area contributed by atoms with Crippen molar-refractivity contribution in [1.29, 1.82) is 0 Å². The number of carbonyl (C=O) groups is 1. The maximum Gasteiger partial charge on any atom is 0.387 e. The number of hydrogen-bond donors (Lipinski definition) is 2. The van der Waals surface area contributed by atoms with Crippen LogP contribution >= 0.6 is 0 Å². The number of carbonyl (C=O) groups excluding carboxylic acids is 1. The fraction of sp³-hybridized carbons (Fsp3) is 0.562. The monoisotopic (exact) mass is 348 g/mol. The zero-order valence-electron chi connectivity index (χ0n) is 14.0. The van der Waals surface area contributed by atoms with Crippen LogP contribution in [0.5, 0.6) is 5.75 Å². The Morgan fingerprint density at radius 2 is 2.04 bits per heavy atom. The summed E-state index contributed by atoms with van der Waals surface area (Å²) in [5, 5.41) is 11.4. The van der Waals surface area contributed by atoms with Gasteiger partial charge in [0.1, 0.15) is 5.82 Å². The van der Waals surface area contributed by atoms with E-state index in [4.69, 9.17) is 5.11 Å². The molecule has 0 aliphatic heterocycles. The number of halogens is 3. The topological polar surface area (TPSA) is 61.8 Å². The average Bonchev–Trinajstić information content (AvgIpc) is 2.44. The molecule has 1 rings (SSSR count). The first-order valence-corrected chi connectivity index (χ1v) is 7.53. The molecule has 0 heterocycles. The summed E-state index contributed by atoms with van der Waals surface area (Å²) in [6.45, 7) is 3.30. The van der Waals surface area contributed by atoms with Crippen LogP contribution in [0.3, 0.4) is 0 Å². The summed E-state index contributed by atoms with van der Waals surface area (Å²) in [5.74, 6) is -1.20. The van der Waals surface area contributed by atoms with Crippen molar-refractivity contribution in [3.8, 4) is 5.75 Å². The largest absolute Gasteiger partial charge is 0.432 e. The van der Waals surface area contributed by atoms with Crippen molar-refractivity contribution in [1.82, 2.24) is 4.90 Å². The van der Waals surface area contributed by atoms with Crippen LogP contribution in [-0.4, -0.2) is 42.3 Å². The lowest BCUT2D eigenvalue weighted by molar-refractivity contribution is -0.0495. The van der Waals surface area contributed by atoms with Gasteiger partial charge in [-0.3, -0.25) is 0 Å². The zero-order chi connectivity index (χ0) is 18.3. The molecule has 8 heteroatoms. The minimum atomic E-state index is -3.14. The van der Waals surface area contributed by atoms with Crippen molar-refractivity contribution in [2.75, 3.05) is 25.0 Å². The van der Waals surface area contributed by atoms with Crippen molar-refractivity contribution in [3.05, 3.63) is 24.0 Å². The molecular formula is C16H23F3N2O3. The molecule has 0 aliphatic rings. The highest BCUT2D eigenvalue weighted by Gasteiger charge is 2.22. The molecule has 1 aromatic carbocycles. The number of anilines is 1. The van der Waals surface area contributed by atoms with E-state index in [-0.39, 0.29) is 17.7 Å². The molecule has 136 valence electrons. The molecule has 0 aromatic heterocycles. The number of aliphatic hydroxyl groups is 1. The Kier molecular flexibility index (Phi) is 7.34. The molecule has 0 aliphatic carbocycles. The second kappa shape index (κ2) is 8.77. The van der Waals surface area contributed by atoms with Crippen molar-refractivity contribution in [2.24, 2.45) is 5.41 Å². The number of benzene rings is 1. The molecular weight excluding hydrogens is 325 g/mol. The predicted octanol–water partition coefficient (Wildman–Crippen LogP) is 3.69. The van der Waals surface area contributed by atoms with Gasteiger partial charge in [-0.25, -0.2) is 9.18 Å². The van der Waals surface area contributed by atoms with Crippen LogP contribution in [0.1, 0.15) is 27.2 Å². The normalized spacial score (nSPS) is 11.5. The molecule has 5 nitrogen and oxygen atoms in total. The molecule has 2 N–H and O–H groups in total.